The van der Waals surface area contributed by atoms with Gasteiger partial charge in [0, 0.05) is 28.5 Å². The molecular weight excluding hydrogens is 666 g/mol. The number of carbonyl (C=O) groups is 4. The summed E-state index contributed by atoms with van der Waals surface area (Å²) in [6, 6.07) is 4.48. The van der Waals surface area contributed by atoms with Crippen LogP contribution in [0.3, 0.4) is 0 Å². The third-order valence-electron chi connectivity index (χ3n) is 6.32. The molecule has 1 saturated heterocycles. The van der Waals surface area contributed by atoms with E-state index >= 15 is 0 Å². The predicted octanol–water partition coefficient (Wildman–Crippen LogP) is 3.13. The van der Waals surface area contributed by atoms with E-state index in [-0.39, 0.29) is 29.3 Å². The molecule has 1 aromatic heterocycles. The van der Waals surface area contributed by atoms with Crippen LogP contribution in [0.4, 0.5) is 24.0 Å². The van der Waals surface area contributed by atoms with Crippen LogP contribution in [-0.2, 0) is 30.4 Å². The van der Waals surface area contributed by atoms with Crippen molar-refractivity contribution in [3.8, 4) is 0 Å². The standard InChI is InChI=1S/C25H21F3N6O8S3/c1-3-43-9-13-15(8-11-4-6-12(7-5-11)34(40)41)45-21-17(20(36)33(21)18(13)22(37)38)30-19(35)16(32-42-2)14-10-44-24(29-14)31-23(39)25(26,27)28/h3-7,10,15,17,21H,1,8-9H2,2H3,(H,30,35)(H,37,38)(H,29,31,39)/t15?,17?,21-/m1/s1. The van der Waals surface area contributed by atoms with E-state index in [0.717, 1.165) is 17.4 Å². The number of hydrogen-bond donors (Lipinski definition) is 3. The third-order valence-corrected chi connectivity index (χ3v) is 9.33. The molecule has 14 nitrogen and oxygen atoms in total. The van der Waals surface area contributed by atoms with Crippen molar-refractivity contribution < 1.29 is 47.2 Å². The van der Waals surface area contributed by atoms with Crippen LogP contribution in [-0.4, -0.2) is 85.0 Å². The summed E-state index contributed by atoms with van der Waals surface area (Å²) < 4.78 is 37.9. The summed E-state index contributed by atoms with van der Waals surface area (Å²) in [5.41, 5.74) is -0.0830. The lowest BCUT2D eigenvalue weighted by atomic mass is 9.98. The molecule has 20 heteroatoms. The average Bonchev–Trinajstić information content (AvgIpc) is 3.44. The van der Waals surface area contributed by atoms with Crippen LogP contribution in [0.5, 0.6) is 0 Å². The number of fused-ring (bicyclic) bond motifs is 1. The largest absolute Gasteiger partial charge is 0.477 e. The molecule has 2 aromatic rings. The van der Waals surface area contributed by atoms with E-state index < -0.39 is 62.3 Å². The number of aromatic nitrogens is 1. The molecule has 238 valence electrons. The Morgan fingerprint density at radius 3 is 2.58 bits per heavy atom. The number of aliphatic carboxylic acids is 1. The van der Waals surface area contributed by atoms with Gasteiger partial charge in [0.1, 0.15) is 29.9 Å². The van der Waals surface area contributed by atoms with Gasteiger partial charge in [0.2, 0.25) is 0 Å². The predicted molar refractivity (Wildman–Crippen MR) is 158 cm³/mol. The summed E-state index contributed by atoms with van der Waals surface area (Å²) >= 11 is 3.00. The zero-order valence-electron chi connectivity index (χ0n) is 22.8. The molecule has 3 amide bonds. The van der Waals surface area contributed by atoms with Crippen LogP contribution >= 0.6 is 34.9 Å². The van der Waals surface area contributed by atoms with E-state index in [2.05, 4.69) is 26.9 Å². The molecule has 2 aliphatic rings. The number of thioether (sulfide) groups is 2. The number of hydrogen-bond acceptors (Lipinski definition) is 12. The minimum absolute atomic E-state index is 0.124. The highest BCUT2D eigenvalue weighted by Crippen LogP contribution is 2.46. The zero-order chi connectivity index (χ0) is 33.1. The summed E-state index contributed by atoms with van der Waals surface area (Å²) in [7, 11) is 1.09. The van der Waals surface area contributed by atoms with Crippen molar-refractivity contribution in [3.63, 3.8) is 0 Å². The maximum absolute atomic E-state index is 13.2. The fourth-order valence-electron chi connectivity index (χ4n) is 4.33. The number of amides is 3. The van der Waals surface area contributed by atoms with Crippen molar-refractivity contribution in [2.24, 2.45) is 5.16 Å². The summed E-state index contributed by atoms with van der Waals surface area (Å²) in [5, 5.41) is 29.6. The van der Waals surface area contributed by atoms with E-state index in [1.807, 2.05) is 0 Å². The number of nitro groups is 1. The second-order valence-corrected chi connectivity index (χ2v) is 12.2. The highest BCUT2D eigenvalue weighted by molar-refractivity contribution is 8.02. The second kappa shape index (κ2) is 13.7. The number of nitrogens with zero attached hydrogens (tertiary/aromatic N) is 4. The van der Waals surface area contributed by atoms with Crippen molar-refractivity contribution >= 4 is 75.1 Å². The van der Waals surface area contributed by atoms with Gasteiger partial charge in [0.05, 0.1) is 4.92 Å². The number of rotatable bonds is 12. The lowest BCUT2D eigenvalue weighted by Crippen LogP contribution is -2.71. The minimum Gasteiger partial charge on any atom is -0.477 e. The normalized spacial score (nSPS) is 19.7. The van der Waals surface area contributed by atoms with Crippen LogP contribution < -0.4 is 10.6 Å². The zero-order valence-corrected chi connectivity index (χ0v) is 25.2. The number of carboxylic acid groups (broad SMARTS) is 1. The van der Waals surface area contributed by atoms with Gasteiger partial charge in [-0.15, -0.1) is 34.9 Å². The van der Waals surface area contributed by atoms with Crippen LogP contribution in [0.1, 0.15) is 11.3 Å². The molecule has 0 saturated carbocycles. The number of alkyl halides is 3. The first kappa shape index (κ1) is 33.5. The Morgan fingerprint density at radius 1 is 1.31 bits per heavy atom. The Labute approximate surface area is 263 Å². The molecule has 0 spiro atoms. The number of β-lactam (4-membered cyclic amide) rings is 1. The molecule has 0 bridgehead atoms. The molecule has 1 fully saturated rings. The quantitative estimate of drug-likeness (QED) is 0.129. The maximum atomic E-state index is 13.2. The number of nitro benzene ring substituents is 1. The summed E-state index contributed by atoms with van der Waals surface area (Å²) in [6.07, 6.45) is -4.93. The van der Waals surface area contributed by atoms with Crippen molar-refractivity contribution in [1.82, 2.24) is 15.2 Å². The van der Waals surface area contributed by atoms with Gasteiger partial charge in [0.25, 0.3) is 17.5 Å². The van der Waals surface area contributed by atoms with Gasteiger partial charge in [-0.05, 0) is 23.0 Å². The van der Waals surface area contributed by atoms with Crippen LogP contribution in [0, 0.1) is 10.1 Å². The first-order valence-corrected chi connectivity index (χ1v) is 15.3. The van der Waals surface area contributed by atoms with Crippen LogP contribution in [0.25, 0.3) is 0 Å². The number of nitrogens with one attached hydrogen (secondary N) is 2. The van der Waals surface area contributed by atoms with E-state index in [1.54, 1.807) is 17.4 Å². The number of carbonyl (C=O) groups excluding carboxylic acids is 3. The number of halogens is 3. The summed E-state index contributed by atoms with van der Waals surface area (Å²) in [5.74, 6) is -5.20. The van der Waals surface area contributed by atoms with E-state index in [1.165, 1.54) is 41.1 Å². The molecule has 2 unspecified atom stereocenters. The summed E-state index contributed by atoms with van der Waals surface area (Å²) in [6.45, 7) is 3.64. The third kappa shape index (κ3) is 7.28. The van der Waals surface area contributed by atoms with Crippen LogP contribution in [0.15, 0.2) is 58.1 Å². The highest BCUT2D eigenvalue weighted by Gasteiger charge is 2.56. The van der Waals surface area contributed by atoms with Gasteiger partial charge in [-0.2, -0.15) is 13.2 Å². The molecule has 45 heavy (non-hydrogen) atoms. The number of anilines is 1. The van der Waals surface area contributed by atoms with Gasteiger partial charge < -0.3 is 15.3 Å². The molecule has 0 aliphatic carbocycles. The van der Waals surface area contributed by atoms with Gasteiger partial charge in [-0.3, -0.25) is 34.7 Å². The lowest BCUT2D eigenvalue weighted by molar-refractivity contribution is -0.384. The SMILES string of the molecule is C=CSCC1=C(C(=O)O)N2C(=O)C(NC(=O)C(=NOC)c3csc(NC(=O)C(F)(F)F)n3)[C@H]2SC1Cc1ccc([N+](=O)[O-])cc1. The van der Waals surface area contributed by atoms with E-state index in [0.29, 0.717) is 22.5 Å². The fraction of sp³-hybridized carbons (Fsp3) is 0.280. The monoisotopic (exact) mass is 686 g/mol. The first-order valence-electron chi connectivity index (χ1n) is 12.4. The van der Waals surface area contributed by atoms with Gasteiger partial charge in [-0.1, -0.05) is 23.9 Å². The fourth-order valence-corrected chi connectivity index (χ4v) is 7.42. The molecular formula is C25H21F3N6O8S3. The van der Waals surface area contributed by atoms with Gasteiger partial charge in [0.15, 0.2) is 10.8 Å². The van der Waals surface area contributed by atoms with E-state index in [9.17, 15) is 47.6 Å². The molecule has 4 rings (SSSR count). The second-order valence-electron chi connectivity index (χ2n) is 9.07. The Morgan fingerprint density at radius 2 is 2.00 bits per heavy atom. The molecule has 0 radical (unpaired) electrons. The average molecular weight is 687 g/mol. The number of benzene rings is 1. The lowest BCUT2D eigenvalue weighted by Gasteiger charge is -2.51. The number of carboxylic acids is 1. The Kier molecular flexibility index (Phi) is 10.2. The van der Waals surface area contributed by atoms with Crippen LogP contribution in [0.2, 0.25) is 0 Å². The van der Waals surface area contributed by atoms with Crippen molar-refractivity contribution in [2.75, 3.05) is 18.2 Å². The smallest absolute Gasteiger partial charge is 0.471 e. The Bertz CT molecular complexity index is 1610. The Hall–Kier alpha value is -4.43. The summed E-state index contributed by atoms with van der Waals surface area (Å²) in [4.78, 5) is 70.2. The minimum atomic E-state index is -5.18. The van der Waals surface area contributed by atoms with Gasteiger partial charge in [-0.25, -0.2) is 9.78 Å². The maximum Gasteiger partial charge on any atom is 0.471 e. The molecule has 2 aliphatic heterocycles. The number of thiazole rings is 1. The molecule has 3 atom stereocenters. The Balaban J connectivity index is 1.59. The van der Waals surface area contributed by atoms with Crippen molar-refractivity contribution in [3.05, 3.63) is 74.3 Å². The molecule has 3 heterocycles. The number of oxime groups is 1. The number of non-ortho nitro benzene ring substituents is 1. The van der Waals surface area contributed by atoms with Gasteiger partial charge >= 0.3 is 18.1 Å². The van der Waals surface area contributed by atoms with Crippen molar-refractivity contribution in [2.45, 2.75) is 29.3 Å². The van der Waals surface area contributed by atoms with E-state index in [4.69, 9.17) is 0 Å². The first-order chi connectivity index (χ1) is 21.3. The molecule has 3 N–H and O–H groups in total. The topological polar surface area (TPSA) is 193 Å². The molecule has 1 aromatic carbocycles. The van der Waals surface area contributed by atoms with Crippen molar-refractivity contribution in [1.29, 1.82) is 0 Å². The highest BCUT2D eigenvalue weighted by atomic mass is 32.2.